The van der Waals surface area contributed by atoms with E-state index in [-0.39, 0.29) is 11.2 Å². The number of rotatable bonds is 2. The molecule has 1 heterocycles. The predicted molar refractivity (Wildman–Crippen MR) is 73.6 cm³/mol. The van der Waals surface area contributed by atoms with Crippen molar-refractivity contribution in [1.29, 1.82) is 0 Å². The number of hydrogen-bond acceptors (Lipinski definition) is 1. The summed E-state index contributed by atoms with van der Waals surface area (Å²) in [4.78, 5) is 0. The van der Waals surface area contributed by atoms with Gasteiger partial charge in [0.2, 0.25) is 0 Å². The van der Waals surface area contributed by atoms with Crippen molar-refractivity contribution in [2.45, 2.75) is 24.2 Å². The Bertz CT molecular complexity index is 929. The zero-order chi connectivity index (χ0) is 20.4. The van der Waals surface area contributed by atoms with Crippen LogP contribution in [0.5, 0.6) is 0 Å². The summed E-state index contributed by atoms with van der Waals surface area (Å²) in [5.74, 6) is -10.5. The van der Waals surface area contributed by atoms with Crippen molar-refractivity contribution in [1.82, 2.24) is 0 Å². The summed E-state index contributed by atoms with van der Waals surface area (Å²) < 4.78 is 134. The lowest BCUT2D eigenvalue weighted by atomic mass is 10.0. The maximum Gasteiger partial charge on any atom is 0.458 e. The molecule has 0 aliphatic rings. The number of alkyl halides is 10. The zero-order valence-corrected chi connectivity index (χ0v) is 12.7. The van der Waals surface area contributed by atoms with Crippen molar-refractivity contribution < 1.29 is 48.3 Å². The number of benzene rings is 2. The van der Waals surface area contributed by atoms with Gasteiger partial charge in [-0.25, -0.2) is 0 Å². The van der Waals surface area contributed by atoms with Crippen LogP contribution in [0, 0.1) is 0 Å². The minimum Gasteiger partial charge on any atom is -0.456 e. The first-order valence-electron chi connectivity index (χ1n) is 7.02. The summed E-state index contributed by atoms with van der Waals surface area (Å²) in [5, 5.41) is -0.905. The van der Waals surface area contributed by atoms with E-state index in [0.717, 1.165) is 12.1 Å². The molecule has 0 N–H and O–H groups in total. The van der Waals surface area contributed by atoms with Gasteiger partial charge in [-0.05, 0) is 36.4 Å². The summed E-state index contributed by atoms with van der Waals surface area (Å²) in [6.07, 6.45) is -11.8. The third kappa shape index (κ3) is 2.88. The molecule has 0 radical (unpaired) electrons. The minimum absolute atomic E-state index is 0.251. The highest BCUT2D eigenvalue weighted by molar-refractivity contribution is 6.05. The van der Waals surface area contributed by atoms with E-state index in [9.17, 15) is 43.9 Å². The van der Waals surface area contributed by atoms with Gasteiger partial charge in [0.1, 0.15) is 11.2 Å². The molecule has 0 spiro atoms. The third-order valence-corrected chi connectivity index (χ3v) is 3.91. The van der Waals surface area contributed by atoms with Crippen LogP contribution in [0.3, 0.4) is 0 Å². The van der Waals surface area contributed by atoms with E-state index in [0.29, 0.717) is 24.3 Å². The Morgan fingerprint density at radius 2 is 0.852 bits per heavy atom. The molecule has 0 saturated carbocycles. The van der Waals surface area contributed by atoms with Crippen LogP contribution in [-0.4, -0.2) is 12.4 Å². The lowest BCUT2D eigenvalue weighted by Gasteiger charge is -2.20. The number of hydrogen-bond donors (Lipinski definition) is 0. The Morgan fingerprint density at radius 3 is 1.15 bits per heavy atom. The van der Waals surface area contributed by atoms with Gasteiger partial charge in [0, 0.05) is 21.9 Å². The van der Waals surface area contributed by atoms with Crippen molar-refractivity contribution >= 4 is 21.9 Å². The van der Waals surface area contributed by atoms with E-state index in [1.54, 1.807) is 0 Å². The van der Waals surface area contributed by atoms with E-state index in [1.165, 1.54) is 0 Å². The van der Waals surface area contributed by atoms with Crippen LogP contribution in [0.15, 0.2) is 40.8 Å². The molecule has 0 amide bonds. The largest absolute Gasteiger partial charge is 0.458 e. The van der Waals surface area contributed by atoms with Gasteiger partial charge in [-0.3, -0.25) is 0 Å². The molecule has 0 saturated heterocycles. The molecule has 0 unspecified atom stereocenters. The molecule has 0 atom stereocenters. The van der Waals surface area contributed by atoms with Crippen molar-refractivity contribution in [2.75, 3.05) is 0 Å². The first kappa shape index (κ1) is 19.3. The van der Waals surface area contributed by atoms with E-state index in [4.69, 9.17) is 4.42 Å². The zero-order valence-electron chi connectivity index (χ0n) is 12.7. The molecule has 27 heavy (non-hydrogen) atoms. The summed E-state index contributed by atoms with van der Waals surface area (Å²) >= 11 is 0. The van der Waals surface area contributed by atoms with Gasteiger partial charge < -0.3 is 4.42 Å². The van der Waals surface area contributed by atoms with Gasteiger partial charge in [0.15, 0.2) is 0 Å². The maximum absolute atomic E-state index is 13.5. The van der Waals surface area contributed by atoms with Crippen LogP contribution >= 0.6 is 0 Å². The normalized spacial score (nSPS) is 14.3. The molecular weight excluding hydrogens is 398 g/mol. The van der Waals surface area contributed by atoms with Gasteiger partial charge >= 0.3 is 24.2 Å². The number of furan rings is 1. The summed E-state index contributed by atoms with van der Waals surface area (Å²) in [5.41, 5.74) is -3.50. The van der Waals surface area contributed by atoms with E-state index >= 15 is 0 Å². The molecule has 0 bridgehead atoms. The average molecular weight is 404 g/mol. The second-order valence-electron chi connectivity index (χ2n) is 5.67. The lowest BCUT2D eigenvalue weighted by molar-refractivity contribution is -0.289. The fraction of sp³-hybridized carbons (Fsp3) is 0.250. The summed E-state index contributed by atoms with van der Waals surface area (Å²) in [7, 11) is 0. The quantitative estimate of drug-likeness (QED) is 0.424. The maximum atomic E-state index is 13.5. The molecule has 0 fully saturated rings. The fourth-order valence-electron chi connectivity index (χ4n) is 2.50. The first-order valence-corrected chi connectivity index (χ1v) is 7.02. The van der Waals surface area contributed by atoms with Crippen molar-refractivity contribution in [2.24, 2.45) is 0 Å². The topological polar surface area (TPSA) is 13.1 Å². The van der Waals surface area contributed by atoms with Crippen molar-refractivity contribution in [3.63, 3.8) is 0 Å². The highest BCUT2D eigenvalue weighted by Crippen LogP contribution is 2.47. The van der Waals surface area contributed by atoms with Crippen molar-refractivity contribution in [3.05, 3.63) is 47.5 Å². The van der Waals surface area contributed by atoms with Crippen LogP contribution in [0.4, 0.5) is 43.9 Å². The van der Waals surface area contributed by atoms with Crippen LogP contribution in [0.1, 0.15) is 11.1 Å². The van der Waals surface area contributed by atoms with Gasteiger partial charge in [-0.1, -0.05) is 0 Å². The van der Waals surface area contributed by atoms with Gasteiger partial charge in [-0.15, -0.1) is 0 Å². The molecule has 3 aromatic rings. The highest BCUT2D eigenvalue weighted by atomic mass is 19.4. The van der Waals surface area contributed by atoms with Gasteiger partial charge in [0.05, 0.1) is 0 Å². The van der Waals surface area contributed by atoms with Crippen LogP contribution < -0.4 is 0 Å². The summed E-state index contributed by atoms with van der Waals surface area (Å²) in [6.45, 7) is 0. The molecular formula is C16H6F10O. The number of halogens is 10. The van der Waals surface area contributed by atoms with Crippen LogP contribution in [0.25, 0.3) is 21.9 Å². The Kier molecular flexibility index (Phi) is 3.95. The molecule has 11 heteroatoms. The molecule has 2 aromatic carbocycles. The first-order chi connectivity index (χ1) is 12.2. The Hall–Kier alpha value is -2.46. The van der Waals surface area contributed by atoms with Crippen LogP contribution in [-0.2, 0) is 11.8 Å². The Balaban J connectivity index is 2.25. The van der Waals surface area contributed by atoms with Crippen molar-refractivity contribution in [3.8, 4) is 0 Å². The fourth-order valence-corrected chi connectivity index (χ4v) is 2.50. The standard InChI is InChI=1S/C16H6F10O/c17-13(18,15(21,22)23)7-1-3-11-9(5-7)10-6-8(2-4-12(10)27-11)14(19,20)16(24,25)26/h1-6H. The molecule has 146 valence electrons. The molecule has 1 aromatic heterocycles. The highest BCUT2D eigenvalue weighted by Gasteiger charge is 2.59. The monoisotopic (exact) mass is 404 g/mol. The van der Waals surface area contributed by atoms with Gasteiger partial charge in [0.25, 0.3) is 0 Å². The van der Waals surface area contributed by atoms with E-state index in [2.05, 4.69) is 0 Å². The number of fused-ring (bicyclic) bond motifs is 3. The van der Waals surface area contributed by atoms with Crippen LogP contribution in [0.2, 0.25) is 0 Å². The average Bonchev–Trinajstić information content (AvgIpc) is 2.89. The molecule has 0 aliphatic heterocycles. The SMILES string of the molecule is FC(F)(F)C(F)(F)c1ccc2oc3ccc(C(F)(F)C(F)(F)F)cc3c2c1. The summed E-state index contributed by atoms with van der Waals surface area (Å²) in [6, 6.07) is 3.08. The van der Waals surface area contributed by atoms with E-state index in [1.807, 2.05) is 0 Å². The smallest absolute Gasteiger partial charge is 0.456 e. The Morgan fingerprint density at radius 1 is 0.519 bits per heavy atom. The van der Waals surface area contributed by atoms with E-state index < -0.39 is 46.1 Å². The Labute approximate surface area is 143 Å². The molecule has 1 nitrogen and oxygen atoms in total. The minimum atomic E-state index is -5.92. The van der Waals surface area contributed by atoms with Gasteiger partial charge in [-0.2, -0.15) is 43.9 Å². The lowest BCUT2D eigenvalue weighted by Crippen LogP contribution is -2.33. The molecule has 3 rings (SSSR count). The second kappa shape index (κ2) is 5.52. The third-order valence-electron chi connectivity index (χ3n) is 3.91. The molecule has 0 aliphatic carbocycles. The predicted octanol–water partition coefficient (Wildman–Crippen LogP) is 6.89. The second-order valence-corrected chi connectivity index (χ2v) is 5.67.